The van der Waals surface area contributed by atoms with E-state index in [4.69, 9.17) is 4.74 Å². The first-order valence-corrected chi connectivity index (χ1v) is 10.6. The summed E-state index contributed by atoms with van der Waals surface area (Å²) < 4.78 is 5.01. The Hall–Kier alpha value is -1.02. The molecule has 1 saturated carbocycles. The molecule has 0 amide bonds. The lowest BCUT2D eigenvalue weighted by molar-refractivity contribution is -0.145. The minimum atomic E-state index is -0.733. The standard InChI is InChI=1S/C18H30N4O2S2/c1-16(2,3)25-14-19-13(20-15(21-14)26-17(4,5)6)22-18(12(23)24-7)10-8-9-11-18/h8-11H2,1-7H3,(H,19,20,21,22). The molecule has 0 radical (unpaired) electrons. The van der Waals surface area contributed by atoms with Crippen LogP contribution in [0.3, 0.4) is 0 Å². The Labute approximate surface area is 165 Å². The van der Waals surface area contributed by atoms with E-state index in [1.165, 1.54) is 7.11 Å². The second kappa shape index (κ2) is 7.92. The molecule has 1 aliphatic carbocycles. The SMILES string of the molecule is COC(=O)C1(Nc2nc(SC(C)(C)C)nc(SC(C)(C)C)n2)CCCC1. The molecule has 1 heterocycles. The van der Waals surface area contributed by atoms with Gasteiger partial charge in [0.2, 0.25) is 5.95 Å². The Bertz CT molecular complexity index is 613. The van der Waals surface area contributed by atoms with Crippen molar-refractivity contribution in [2.24, 2.45) is 0 Å². The third kappa shape index (κ3) is 6.01. The zero-order valence-electron chi connectivity index (χ0n) is 16.8. The number of esters is 1. The van der Waals surface area contributed by atoms with Crippen LogP contribution in [0.2, 0.25) is 0 Å². The zero-order valence-corrected chi connectivity index (χ0v) is 18.4. The van der Waals surface area contributed by atoms with Crippen LogP contribution in [0.25, 0.3) is 0 Å². The maximum absolute atomic E-state index is 12.4. The van der Waals surface area contributed by atoms with Crippen LogP contribution in [-0.4, -0.2) is 43.1 Å². The molecular weight excluding hydrogens is 368 g/mol. The summed E-state index contributed by atoms with van der Waals surface area (Å²) in [5, 5.41) is 4.63. The Morgan fingerprint density at radius 1 is 0.962 bits per heavy atom. The van der Waals surface area contributed by atoms with Crippen molar-refractivity contribution in [3.8, 4) is 0 Å². The van der Waals surface area contributed by atoms with Gasteiger partial charge in [0.15, 0.2) is 10.3 Å². The molecule has 8 heteroatoms. The van der Waals surface area contributed by atoms with E-state index in [9.17, 15) is 4.79 Å². The molecule has 0 bridgehead atoms. The molecule has 0 spiro atoms. The van der Waals surface area contributed by atoms with E-state index in [0.29, 0.717) is 16.3 Å². The first-order valence-electron chi connectivity index (χ1n) is 8.93. The first kappa shape index (κ1) is 21.3. The van der Waals surface area contributed by atoms with Crippen molar-refractivity contribution in [3.63, 3.8) is 0 Å². The highest BCUT2D eigenvalue weighted by Crippen LogP contribution is 2.37. The van der Waals surface area contributed by atoms with Gasteiger partial charge in [-0.25, -0.2) is 4.79 Å². The summed E-state index contributed by atoms with van der Waals surface area (Å²) in [5.41, 5.74) is -0.733. The predicted molar refractivity (Wildman–Crippen MR) is 108 cm³/mol. The van der Waals surface area contributed by atoms with E-state index in [0.717, 1.165) is 25.7 Å². The normalized spacial score (nSPS) is 17.2. The number of hydrogen-bond donors (Lipinski definition) is 1. The topological polar surface area (TPSA) is 77.0 Å². The Morgan fingerprint density at radius 3 is 1.81 bits per heavy atom. The lowest BCUT2D eigenvalue weighted by Crippen LogP contribution is -2.45. The van der Waals surface area contributed by atoms with Gasteiger partial charge in [-0.05, 0) is 12.8 Å². The maximum atomic E-state index is 12.4. The number of hydrogen-bond acceptors (Lipinski definition) is 8. The van der Waals surface area contributed by atoms with Crippen molar-refractivity contribution in [2.45, 2.75) is 92.6 Å². The van der Waals surface area contributed by atoms with Crippen LogP contribution in [0, 0.1) is 0 Å². The summed E-state index contributed by atoms with van der Waals surface area (Å²) in [6.45, 7) is 12.7. The minimum Gasteiger partial charge on any atom is -0.467 e. The minimum absolute atomic E-state index is 0.0182. The van der Waals surface area contributed by atoms with Crippen molar-refractivity contribution >= 4 is 35.4 Å². The average Bonchev–Trinajstić information content (AvgIpc) is 2.92. The van der Waals surface area contributed by atoms with Crippen LogP contribution in [0.15, 0.2) is 10.3 Å². The van der Waals surface area contributed by atoms with E-state index in [1.54, 1.807) is 23.5 Å². The van der Waals surface area contributed by atoms with E-state index in [2.05, 4.69) is 61.8 Å². The van der Waals surface area contributed by atoms with Crippen LogP contribution in [-0.2, 0) is 9.53 Å². The molecule has 1 N–H and O–H groups in total. The second-order valence-corrected chi connectivity index (χ2v) is 12.1. The van der Waals surface area contributed by atoms with Gasteiger partial charge in [-0.3, -0.25) is 0 Å². The molecule has 0 atom stereocenters. The molecule has 1 aromatic rings. The second-order valence-electron chi connectivity index (χ2n) is 8.56. The molecular formula is C18H30N4O2S2. The van der Waals surface area contributed by atoms with Crippen LogP contribution in [0.5, 0.6) is 0 Å². The van der Waals surface area contributed by atoms with E-state index < -0.39 is 5.54 Å². The number of thioether (sulfide) groups is 2. The number of nitrogens with one attached hydrogen (secondary N) is 1. The van der Waals surface area contributed by atoms with Crippen molar-refractivity contribution in [1.82, 2.24) is 15.0 Å². The molecule has 6 nitrogen and oxygen atoms in total. The van der Waals surface area contributed by atoms with Gasteiger partial charge in [-0.15, -0.1) is 0 Å². The number of nitrogens with zero attached hydrogens (tertiary/aromatic N) is 3. The highest BCUT2D eigenvalue weighted by atomic mass is 32.2. The lowest BCUT2D eigenvalue weighted by Gasteiger charge is -2.27. The first-order chi connectivity index (χ1) is 11.9. The highest BCUT2D eigenvalue weighted by Gasteiger charge is 2.43. The molecule has 146 valence electrons. The predicted octanol–water partition coefficient (Wildman–Crippen LogP) is 4.55. The molecule has 0 aromatic carbocycles. The average molecular weight is 399 g/mol. The Morgan fingerprint density at radius 2 is 1.42 bits per heavy atom. The van der Waals surface area contributed by atoms with Gasteiger partial charge in [0, 0.05) is 9.49 Å². The number of aromatic nitrogens is 3. The maximum Gasteiger partial charge on any atom is 0.331 e. The fourth-order valence-corrected chi connectivity index (χ4v) is 4.48. The summed E-state index contributed by atoms with van der Waals surface area (Å²) in [6.07, 6.45) is 3.43. The summed E-state index contributed by atoms with van der Waals surface area (Å²) in [6, 6.07) is 0. The van der Waals surface area contributed by atoms with Crippen molar-refractivity contribution in [3.05, 3.63) is 0 Å². The molecule has 1 aromatic heterocycles. The molecule has 2 rings (SSSR count). The number of methoxy groups -OCH3 is 1. The van der Waals surface area contributed by atoms with Gasteiger partial charge >= 0.3 is 5.97 Å². The molecule has 1 aliphatic rings. The molecule has 0 saturated heterocycles. The number of anilines is 1. The Kier molecular flexibility index (Phi) is 6.48. The number of carbonyl (C=O) groups excluding carboxylic acids is 1. The van der Waals surface area contributed by atoms with Gasteiger partial charge in [-0.2, -0.15) is 15.0 Å². The monoisotopic (exact) mass is 398 g/mol. The summed E-state index contributed by atoms with van der Waals surface area (Å²) >= 11 is 3.19. The fourth-order valence-electron chi connectivity index (χ4n) is 2.80. The van der Waals surface area contributed by atoms with Gasteiger partial charge in [0.1, 0.15) is 5.54 Å². The van der Waals surface area contributed by atoms with Gasteiger partial charge < -0.3 is 10.1 Å². The van der Waals surface area contributed by atoms with Gasteiger partial charge in [-0.1, -0.05) is 77.9 Å². The highest BCUT2D eigenvalue weighted by molar-refractivity contribution is 8.01. The molecule has 0 aliphatic heterocycles. The number of rotatable bonds is 5. The van der Waals surface area contributed by atoms with Crippen molar-refractivity contribution in [2.75, 3.05) is 12.4 Å². The summed E-state index contributed by atoms with van der Waals surface area (Å²) in [4.78, 5) is 26.2. The third-order valence-corrected chi connectivity index (χ3v) is 5.73. The molecule has 0 unspecified atom stereocenters. The van der Waals surface area contributed by atoms with Crippen LogP contribution < -0.4 is 5.32 Å². The largest absolute Gasteiger partial charge is 0.467 e. The number of ether oxygens (including phenoxy) is 1. The Balaban J connectivity index is 2.37. The molecule has 26 heavy (non-hydrogen) atoms. The van der Waals surface area contributed by atoms with Gasteiger partial charge in [0.25, 0.3) is 0 Å². The smallest absolute Gasteiger partial charge is 0.331 e. The van der Waals surface area contributed by atoms with E-state index in [1.807, 2.05) is 0 Å². The van der Waals surface area contributed by atoms with E-state index >= 15 is 0 Å². The molecule has 1 fully saturated rings. The van der Waals surface area contributed by atoms with Crippen LogP contribution in [0.1, 0.15) is 67.2 Å². The van der Waals surface area contributed by atoms with Crippen LogP contribution >= 0.6 is 23.5 Å². The quantitative estimate of drug-likeness (QED) is 0.572. The van der Waals surface area contributed by atoms with Crippen LogP contribution in [0.4, 0.5) is 5.95 Å². The summed E-state index contributed by atoms with van der Waals surface area (Å²) in [7, 11) is 1.43. The van der Waals surface area contributed by atoms with Crippen molar-refractivity contribution < 1.29 is 9.53 Å². The summed E-state index contributed by atoms with van der Waals surface area (Å²) in [5.74, 6) is 0.205. The fraction of sp³-hybridized carbons (Fsp3) is 0.778. The third-order valence-electron chi connectivity index (χ3n) is 3.77. The van der Waals surface area contributed by atoms with Gasteiger partial charge in [0.05, 0.1) is 7.11 Å². The van der Waals surface area contributed by atoms with Crippen molar-refractivity contribution in [1.29, 1.82) is 0 Å². The van der Waals surface area contributed by atoms with E-state index in [-0.39, 0.29) is 15.5 Å². The number of carbonyl (C=O) groups is 1. The zero-order chi connectivity index (χ0) is 19.6. The lowest BCUT2D eigenvalue weighted by atomic mass is 9.98.